The highest BCUT2D eigenvalue weighted by molar-refractivity contribution is 8.00. The Hall–Kier alpha value is -2.41. The lowest BCUT2D eigenvalue weighted by Gasteiger charge is -2.05. The highest BCUT2D eigenvalue weighted by Crippen LogP contribution is 2.21. The van der Waals surface area contributed by atoms with Gasteiger partial charge in [-0.25, -0.2) is 0 Å². The van der Waals surface area contributed by atoms with Crippen molar-refractivity contribution in [2.24, 2.45) is 0 Å². The van der Waals surface area contributed by atoms with Gasteiger partial charge >= 0.3 is 0 Å². The minimum Gasteiger partial charge on any atom is -0.351 e. The van der Waals surface area contributed by atoms with E-state index < -0.39 is 4.92 Å². The lowest BCUT2D eigenvalue weighted by atomic mass is 10.3. The molecule has 0 spiro atoms. The smallest absolute Gasteiger partial charge is 0.269 e. The predicted octanol–water partition coefficient (Wildman–Crippen LogP) is 2.40. The number of carbonyl (C=O) groups excluding carboxylic acids is 1. The van der Waals surface area contributed by atoms with E-state index in [0.29, 0.717) is 6.54 Å². The van der Waals surface area contributed by atoms with Crippen molar-refractivity contribution in [3.05, 3.63) is 64.5 Å². The van der Waals surface area contributed by atoms with Crippen LogP contribution in [0.1, 0.15) is 5.56 Å². The molecule has 2 rings (SSSR count). The second-order valence-corrected chi connectivity index (χ2v) is 5.23. The Morgan fingerprint density at radius 2 is 2.05 bits per heavy atom. The fraction of sp³-hybridized carbons (Fsp3) is 0.143. The third kappa shape index (κ3) is 4.88. The molecule has 0 fully saturated rings. The minimum absolute atomic E-state index is 0.0420. The van der Waals surface area contributed by atoms with E-state index in [2.05, 4.69) is 10.3 Å². The van der Waals surface area contributed by atoms with Crippen LogP contribution >= 0.6 is 11.8 Å². The standard InChI is InChI=1S/C14H13N3O3S/c18-14(16-9-11-2-1-7-15-8-11)10-21-13-5-3-12(4-6-13)17(19)20/h1-8H,9-10H2,(H,16,18). The summed E-state index contributed by atoms with van der Waals surface area (Å²) >= 11 is 1.33. The van der Waals surface area contributed by atoms with Crippen molar-refractivity contribution in [1.29, 1.82) is 0 Å². The summed E-state index contributed by atoms with van der Waals surface area (Å²) in [4.78, 5) is 26.6. The van der Waals surface area contributed by atoms with Gasteiger partial charge in [0.1, 0.15) is 0 Å². The van der Waals surface area contributed by atoms with Crippen LogP contribution in [0, 0.1) is 10.1 Å². The van der Waals surface area contributed by atoms with Crippen LogP contribution in [-0.4, -0.2) is 21.6 Å². The molecule has 1 heterocycles. The molecular formula is C14H13N3O3S. The second-order valence-electron chi connectivity index (χ2n) is 4.18. The van der Waals surface area contributed by atoms with Crippen molar-refractivity contribution in [1.82, 2.24) is 10.3 Å². The Labute approximate surface area is 125 Å². The van der Waals surface area contributed by atoms with Crippen LogP contribution in [0.25, 0.3) is 0 Å². The number of pyridine rings is 1. The van der Waals surface area contributed by atoms with Gasteiger partial charge in [0.25, 0.3) is 5.69 Å². The number of nitrogens with zero attached hydrogens (tertiary/aromatic N) is 2. The maximum Gasteiger partial charge on any atom is 0.269 e. The summed E-state index contributed by atoms with van der Waals surface area (Å²) in [7, 11) is 0. The van der Waals surface area contributed by atoms with Crippen LogP contribution in [0.3, 0.4) is 0 Å². The number of nitrogens with one attached hydrogen (secondary N) is 1. The van der Waals surface area contributed by atoms with Gasteiger partial charge < -0.3 is 5.32 Å². The Bertz CT molecular complexity index is 617. The Balaban J connectivity index is 1.77. The molecule has 0 unspecified atom stereocenters. The molecule has 1 aromatic heterocycles. The molecule has 0 saturated carbocycles. The SMILES string of the molecule is O=C(CSc1ccc([N+](=O)[O-])cc1)NCc1cccnc1. The van der Waals surface area contributed by atoms with Gasteiger partial charge in [-0.1, -0.05) is 6.07 Å². The van der Waals surface area contributed by atoms with E-state index in [1.165, 1.54) is 23.9 Å². The topological polar surface area (TPSA) is 85.1 Å². The van der Waals surface area contributed by atoms with Crippen molar-refractivity contribution in [3.63, 3.8) is 0 Å². The van der Waals surface area contributed by atoms with Gasteiger partial charge in [-0.3, -0.25) is 19.9 Å². The third-order valence-corrected chi connectivity index (χ3v) is 3.64. The second kappa shape index (κ2) is 7.39. The lowest BCUT2D eigenvalue weighted by molar-refractivity contribution is -0.384. The number of nitro benzene ring substituents is 1. The first-order chi connectivity index (χ1) is 10.1. The summed E-state index contributed by atoms with van der Waals surface area (Å²) in [6, 6.07) is 9.82. The van der Waals surface area contributed by atoms with Gasteiger partial charge in [0.15, 0.2) is 0 Å². The Morgan fingerprint density at radius 1 is 1.29 bits per heavy atom. The molecule has 7 heteroatoms. The van der Waals surface area contributed by atoms with Gasteiger partial charge in [-0.15, -0.1) is 11.8 Å². The molecule has 0 bridgehead atoms. The van der Waals surface area contributed by atoms with Crippen LogP contribution < -0.4 is 5.32 Å². The molecule has 0 radical (unpaired) electrons. The first-order valence-corrected chi connectivity index (χ1v) is 7.16. The number of hydrogen-bond donors (Lipinski definition) is 1. The van der Waals surface area contributed by atoms with Gasteiger partial charge in [0, 0.05) is 36.0 Å². The number of aromatic nitrogens is 1. The number of nitro groups is 1. The van der Waals surface area contributed by atoms with Crippen molar-refractivity contribution in [3.8, 4) is 0 Å². The molecule has 6 nitrogen and oxygen atoms in total. The average Bonchev–Trinajstić information content (AvgIpc) is 2.52. The maximum atomic E-state index is 11.7. The number of amides is 1. The van der Waals surface area contributed by atoms with Crippen LogP contribution in [0.2, 0.25) is 0 Å². The molecule has 0 aliphatic carbocycles. The van der Waals surface area contributed by atoms with Crippen molar-refractivity contribution in [2.75, 3.05) is 5.75 Å². The van der Waals surface area contributed by atoms with E-state index in [0.717, 1.165) is 10.5 Å². The molecule has 21 heavy (non-hydrogen) atoms. The monoisotopic (exact) mass is 303 g/mol. The zero-order valence-electron chi connectivity index (χ0n) is 11.1. The molecule has 108 valence electrons. The van der Waals surface area contributed by atoms with Gasteiger partial charge in [0.05, 0.1) is 10.7 Å². The molecule has 0 aliphatic heterocycles. The number of hydrogen-bond acceptors (Lipinski definition) is 5. The quantitative estimate of drug-likeness (QED) is 0.503. The van der Waals surface area contributed by atoms with Gasteiger partial charge in [0.2, 0.25) is 5.91 Å². The predicted molar refractivity (Wildman–Crippen MR) is 79.9 cm³/mol. The van der Waals surface area contributed by atoms with E-state index in [1.54, 1.807) is 24.5 Å². The zero-order valence-corrected chi connectivity index (χ0v) is 11.9. The average molecular weight is 303 g/mol. The van der Waals surface area contributed by atoms with E-state index in [-0.39, 0.29) is 17.3 Å². The first-order valence-electron chi connectivity index (χ1n) is 6.18. The number of thioether (sulfide) groups is 1. The molecule has 1 N–H and O–H groups in total. The molecule has 0 atom stereocenters. The molecule has 1 amide bonds. The summed E-state index contributed by atoms with van der Waals surface area (Å²) in [5, 5.41) is 13.3. The van der Waals surface area contributed by atoms with Crippen molar-refractivity contribution < 1.29 is 9.72 Å². The number of carbonyl (C=O) groups is 1. The largest absolute Gasteiger partial charge is 0.351 e. The Kier molecular flexibility index (Phi) is 5.28. The fourth-order valence-electron chi connectivity index (χ4n) is 1.57. The van der Waals surface area contributed by atoms with Crippen molar-refractivity contribution in [2.45, 2.75) is 11.4 Å². The Morgan fingerprint density at radius 3 is 2.67 bits per heavy atom. The van der Waals surface area contributed by atoms with Crippen LogP contribution in [0.5, 0.6) is 0 Å². The first kappa shape index (κ1) is 15.0. The molecule has 0 saturated heterocycles. The summed E-state index contributed by atoms with van der Waals surface area (Å²) < 4.78 is 0. The molecule has 0 aliphatic rings. The molecule has 1 aromatic carbocycles. The van der Waals surface area contributed by atoms with E-state index >= 15 is 0 Å². The highest BCUT2D eigenvalue weighted by Gasteiger charge is 2.06. The molecule has 2 aromatic rings. The highest BCUT2D eigenvalue weighted by atomic mass is 32.2. The van der Waals surface area contributed by atoms with E-state index in [4.69, 9.17) is 0 Å². The summed E-state index contributed by atoms with van der Waals surface area (Å²) in [5.74, 6) is 0.167. The minimum atomic E-state index is -0.449. The lowest BCUT2D eigenvalue weighted by Crippen LogP contribution is -2.24. The zero-order chi connectivity index (χ0) is 15.1. The third-order valence-electron chi connectivity index (χ3n) is 2.63. The number of non-ortho nitro benzene ring substituents is 1. The summed E-state index contributed by atoms with van der Waals surface area (Å²) in [5.41, 5.74) is 0.978. The summed E-state index contributed by atoms with van der Waals surface area (Å²) in [6.45, 7) is 0.438. The van der Waals surface area contributed by atoms with Crippen LogP contribution in [0.4, 0.5) is 5.69 Å². The maximum absolute atomic E-state index is 11.7. The number of benzene rings is 1. The van der Waals surface area contributed by atoms with Crippen molar-refractivity contribution >= 4 is 23.4 Å². The fourth-order valence-corrected chi connectivity index (χ4v) is 2.30. The van der Waals surface area contributed by atoms with Crippen LogP contribution in [-0.2, 0) is 11.3 Å². The normalized spacial score (nSPS) is 10.1. The van der Waals surface area contributed by atoms with Crippen LogP contribution in [0.15, 0.2) is 53.7 Å². The van der Waals surface area contributed by atoms with E-state index in [9.17, 15) is 14.9 Å². The summed E-state index contributed by atoms with van der Waals surface area (Å²) in [6.07, 6.45) is 3.37. The van der Waals surface area contributed by atoms with E-state index in [1.807, 2.05) is 12.1 Å². The number of rotatable bonds is 6. The van der Waals surface area contributed by atoms with Gasteiger partial charge in [-0.05, 0) is 23.8 Å². The molecular weight excluding hydrogens is 290 g/mol. The van der Waals surface area contributed by atoms with Gasteiger partial charge in [-0.2, -0.15) is 0 Å².